The summed E-state index contributed by atoms with van der Waals surface area (Å²) >= 11 is 5.68. The Balaban J connectivity index is 0.876. The van der Waals surface area contributed by atoms with Gasteiger partial charge in [0.25, 0.3) is 0 Å². The SMILES string of the molecule is C[C@@H]1CC[C@@]2(OC1)O[C@H]1C[C@H]3[C@@H]4CC=C5C[C@@H](O[C@@H]6O[C@H](CO)[C@@H](O[C@H]7O[C@H](C)[C@@H](OCCNC(=O)CCCCl)[C@H](O)[C@@H]7O)[C@H](O)[C@H]6O[C@H]6O[C@H](C)[C@@H](O)[C@H](O)[C@@H]6O)CC[C@]5(C)[C@H]4CC[C@]3(C)[C@H]1[C@@H]2C. The molecule has 5 saturated heterocycles. The molecule has 0 aromatic carbocycles. The number of aliphatic hydroxyl groups excluding tert-OH is 7. The molecule has 8 fully saturated rings. The van der Waals surface area contributed by atoms with Crippen LogP contribution in [0.4, 0.5) is 0 Å². The third kappa shape index (κ3) is 9.82. The average molecular weight is 1020 g/mol. The molecule has 5 aliphatic heterocycles. The maximum absolute atomic E-state index is 12.2. The number of nitrogens with one attached hydrogen (secondary N) is 1. The lowest BCUT2D eigenvalue weighted by molar-refractivity contribution is -0.389. The highest BCUT2D eigenvalue weighted by atomic mass is 35.5. The lowest BCUT2D eigenvalue weighted by Crippen LogP contribution is -2.66. The molecule has 4 aliphatic carbocycles. The Labute approximate surface area is 417 Å². The first-order valence-electron chi connectivity index (χ1n) is 26.4. The second-order valence-electron chi connectivity index (χ2n) is 23.0. The number of ether oxygens (including phenoxy) is 9. The minimum Gasteiger partial charge on any atom is -0.394 e. The summed E-state index contributed by atoms with van der Waals surface area (Å²) in [4.78, 5) is 12.0. The zero-order valence-corrected chi connectivity index (χ0v) is 42.5. The third-order valence-electron chi connectivity index (χ3n) is 18.9. The van der Waals surface area contributed by atoms with Crippen LogP contribution in [0.25, 0.3) is 0 Å². The lowest BCUT2D eigenvalue weighted by atomic mass is 9.47. The summed E-state index contributed by atoms with van der Waals surface area (Å²) < 4.78 is 56.8. The van der Waals surface area contributed by atoms with Gasteiger partial charge in [-0.2, -0.15) is 0 Å². The monoisotopic (exact) mass is 1020 g/mol. The van der Waals surface area contributed by atoms with Crippen LogP contribution in [0.5, 0.6) is 0 Å². The molecule has 18 nitrogen and oxygen atoms in total. The molecule has 0 aromatic heterocycles. The van der Waals surface area contributed by atoms with Gasteiger partial charge in [-0.15, -0.1) is 11.6 Å². The normalized spacial score (nSPS) is 52.3. The van der Waals surface area contributed by atoms with Crippen LogP contribution in [0.15, 0.2) is 11.6 Å². The number of rotatable bonds is 14. The number of amides is 1. The molecular weight excluding hydrogens is 934 g/mol. The Kier molecular flexibility index (Phi) is 16.5. The fourth-order valence-electron chi connectivity index (χ4n) is 14.9. The number of carbonyl (C=O) groups is 1. The molecule has 400 valence electrons. The Bertz CT molecular complexity index is 1830. The first kappa shape index (κ1) is 53.7. The van der Waals surface area contributed by atoms with Crippen LogP contribution >= 0.6 is 11.6 Å². The van der Waals surface area contributed by atoms with Gasteiger partial charge in [-0.3, -0.25) is 4.79 Å². The molecule has 0 bridgehead atoms. The van der Waals surface area contributed by atoms with E-state index in [1.807, 2.05) is 0 Å². The van der Waals surface area contributed by atoms with Crippen molar-refractivity contribution in [1.82, 2.24) is 5.32 Å². The largest absolute Gasteiger partial charge is 0.394 e. The van der Waals surface area contributed by atoms with Gasteiger partial charge in [0.05, 0.1) is 44.2 Å². The highest BCUT2D eigenvalue weighted by Crippen LogP contribution is 2.70. The van der Waals surface area contributed by atoms with Gasteiger partial charge < -0.3 is 83.7 Å². The van der Waals surface area contributed by atoms with Crippen LogP contribution in [-0.4, -0.2) is 184 Å². The third-order valence-corrected chi connectivity index (χ3v) is 19.2. The highest BCUT2D eigenvalue weighted by Gasteiger charge is 2.69. The molecule has 19 heteroatoms. The molecule has 1 amide bonds. The predicted molar refractivity (Wildman–Crippen MR) is 249 cm³/mol. The van der Waals surface area contributed by atoms with Crippen LogP contribution in [-0.2, 0) is 47.4 Å². The van der Waals surface area contributed by atoms with Crippen molar-refractivity contribution >= 4 is 17.5 Å². The Morgan fingerprint density at radius 2 is 1.53 bits per heavy atom. The van der Waals surface area contributed by atoms with Crippen LogP contribution < -0.4 is 5.32 Å². The molecule has 9 aliphatic rings. The van der Waals surface area contributed by atoms with E-state index in [4.69, 9.17) is 54.2 Å². The van der Waals surface area contributed by atoms with Gasteiger partial charge in [0.1, 0.15) is 61.0 Å². The van der Waals surface area contributed by atoms with E-state index in [-0.39, 0.29) is 48.5 Å². The topological polar surface area (TPSA) is 254 Å². The van der Waals surface area contributed by atoms with Gasteiger partial charge in [0, 0.05) is 31.2 Å². The van der Waals surface area contributed by atoms with Crippen LogP contribution in [0.2, 0.25) is 0 Å². The van der Waals surface area contributed by atoms with E-state index in [0.29, 0.717) is 60.6 Å². The van der Waals surface area contributed by atoms with Gasteiger partial charge in [-0.05, 0) is 112 Å². The van der Waals surface area contributed by atoms with Gasteiger partial charge >= 0.3 is 0 Å². The molecule has 70 heavy (non-hydrogen) atoms. The summed E-state index contributed by atoms with van der Waals surface area (Å²) in [5, 5.41) is 80.4. The molecule has 26 atom stereocenters. The predicted octanol–water partition coefficient (Wildman–Crippen LogP) is 2.40. The number of allylic oxidation sites excluding steroid dienone is 1. The van der Waals surface area contributed by atoms with Crippen LogP contribution in [0.1, 0.15) is 112 Å². The van der Waals surface area contributed by atoms with Gasteiger partial charge in [0.2, 0.25) is 5.91 Å². The highest BCUT2D eigenvalue weighted by molar-refractivity contribution is 6.17. The van der Waals surface area contributed by atoms with Crippen molar-refractivity contribution in [3.05, 3.63) is 11.6 Å². The Hall–Kier alpha value is -1.14. The van der Waals surface area contributed by atoms with Crippen molar-refractivity contribution in [2.75, 3.05) is 32.2 Å². The number of halogens is 1. The smallest absolute Gasteiger partial charge is 0.220 e. The summed E-state index contributed by atoms with van der Waals surface area (Å²) in [6, 6.07) is 0. The molecule has 9 rings (SSSR count). The quantitative estimate of drug-likeness (QED) is 0.0707. The average Bonchev–Trinajstić information content (AvgIpc) is 3.79. The molecule has 1 spiro atoms. The van der Waals surface area contributed by atoms with E-state index in [2.05, 4.69) is 39.1 Å². The number of hydrogen-bond acceptors (Lipinski definition) is 17. The molecule has 3 saturated carbocycles. The minimum atomic E-state index is -1.72. The fraction of sp³-hybridized carbons (Fsp3) is 0.941. The number of aliphatic hydroxyl groups is 7. The summed E-state index contributed by atoms with van der Waals surface area (Å²) in [6.07, 6.45) is -9.28. The summed E-state index contributed by atoms with van der Waals surface area (Å²) in [5.41, 5.74) is 1.50. The molecule has 8 N–H and O–H groups in total. The van der Waals surface area contributed by atoms with Crippen molar-refractivity contribution in [2.24, 2.45) is 46.3 Å². The standard InChI is InChI=1S/C51H82ClNO17/c1-24-11-16-51(63-23-24)25(2)36-33(70-51)21-32-30-10-9-28-20-29(12-14-49(28,5)31(30)13-15-50(32,36)6)66-48-45(69-46-40(59)38(57)37(56)26(3)64-46)42(61)44(34(22-54)67-48)68-47-41(60)39(58)43(27(4)65-47)62-19-18-53-35(55)8-7-17-52/h9,24-27,29-34,36-48,54,56-61H,7-8,10-23H2,1-6H3,(H,53,55)/t24-,25+,26-,27-,29+,30-,31+,32+,33+,34-,36+,37-,38+,39-,40+,41+,42+,43-,44-,45-,46-,47-,48-,49+,50+,51-/m1/s1. The first-order valence-corrected chi connectivity index (χ1v) is 26.9. The Morgan fingerprint density at radius 1 is 0.800 bits per heavy atom. The van der Waals surface area contributed by atoms with Gasteiger partial charge in [0.15, 0.2) is 24.7 Å². The molecule has 5 heterocycles. The summed E-state index contributed by atoms with van der Waals surface area (Å²) in [7, 11) is 0. The van der Waals surface area contributed by atoms with Crippen molar-refractivity contribution in [3.63, 3.8) is 0 Å². The van der Waals surface area contributed by atoms with E-state index in [9.17, 15) is 40.5 Å². The maximum atomic E-state index is 12.2. The maximum Gasteiger partial charge on any atom is 0.220 e. The lowest BCUT2D eigenvalue weighted by Gasteiger charge is -2.58. The number of fused-ring (bicyclic) bond motifs is 7. The van der Waals surface area contributed by atoms with Crippen molar-refractivity contribution in [1.29, 1.82) is 0 Å². The molecule has 0 radical (unpaired) electrons. The second-order valence-corrected chi connectivity index (χ2v) is 23.4. The summed E-state index contributed by atoms with van der Waals surface area (Å²) in [5.74, 6) is 2.73. The van der Waals surface area contributed by atoms with Crippen molar-refractivity contribution in [3.8, 4) is 0 Å². The molecule has 0 unspecified atom stereocenters. The fourth-order valence-corrected chi connectivity index (χ4v) is 15.0. The number of hydrogen-bond donors (Lipinski definition) is 8. The van der Waals surface area contributed by atoms with Gasteiger partial charge in [-0.1, -0.05) is 39.3 Å². The van der Waals surface area contributed by atoms with Crippen LogP contribution in [0, 0.1) is 46.3 Å². The minimum absolute atomic E-state index is 0.0208. The first-order chi connectivity index (χ1) is 33.3. The Morgan fingerprint density at radius 3 is 2.24 bits per heavy atom. The molecular formula is C51H82ClNO17. The van der Waals surface area contributed by atoms with Crippen molar-refractivity contribution < 1.29 is 83.2 Å². The number of carbonyl (C=O) groups excluding carboxylic acids is 1. The van der Waals surface area contributed by atoms with E-state index in [0.717, 1.165) is 51.6 Å². The van der Waals surface area contributed by atoms with E-state index in [1.54, 1.807) is 6.92 Å². The van der Waals surface area contributed by atoms with E-state index >= 15 is 0 Å². The van der Waals surface area contributed by atoms with Crippen LogP contribution in [0.3, 0.4) is 0 Å². The van der Waals surface area contributed by atoms with Gasteiger partial charge in [-0.25, -0.2) is 0 Å². The van der Waals surface area contributed by atoms with E-state index < -0.39 is 105 Å². The molecule has 0 aromatic rings. The zero-order chi connectivity index (χ0) is 50.0. The van der Waals surface area contributed by atoms with Crippen molar-refractivity contribution in [2.45, 2.75) is 222 Å². The summed E-state index contributed by atoms with van der Waals surface area (Å²) in [6.45, 7) is 13.0. The zero-order valence-electron chi connectivity index (χ0n) is 41.8. The van der Waals surface area contributed by atoms with E-state index in [1.165, 1.54) is 12.5 Å². The number of alkyl halides is 1. The second kappa shape index (κ2) is 21.5.